The first-order valence-electron chi connectivity index (χ1n) is 6.98. The van der Waals surface area contributed by atoms with Crippen molar-refractivity contribution in [3.05, 3.63) is 58.3 Å². The number of carboxylic acid groups (broad SMARTS) is 1. The van der Waals surface area contributed by atoms with E-state index in [1.165, 1.54) is 11.1 Å². The van der Waals surface area contributed by atoms with Crippen molar-refractivity contribution in [2.75, 3.05) is 11.9 Å². The number of benzene rings is 1. The van der Waals surface area contributed by atoms with Gasteiger partial charge in [0.05, 0.1) is 0 Å². The molecule has 0 aliphatic heterocycles. The Morgan fingerprint density at radius 1 is 1.24 bits per heavy atom. The van der Waals surface area contributed by atoms with Gasteiger partial charge in [-0.2, -0.15) is 0 Å². The molecule has 0 amide bonds. The van der Waals surface area contributed by atoms with Crippen LogP contribution in [-0.2, 0) is 6.42 Å². The molecule has 0 radical (unpaired) electrons. The van der Waals surface area contributed by atoms with Gasteiger partial charge in [-0.15, -0.1) is 0 Å². The third kappa shape index (κ3) is 3.81. The average molecular weight is 284 g/mol. The van der Waals surface area contributed by atoms with Crippen molar-refractivity contribution in [1.82, 2.24) is 4.98 Å². The highest BCUT2D eigenvalue weighted by atomic mass is 16.4. The second-order valence-corrected chi connectivity index (χ2v) is 5.28. The van der Waals surface area contributed by atoms with E-state index in [0.717, 1.165) is 17.7 Å². The van der Waals surface area contributed by atoms with E-state index in [9.17, 15) is 9.90 Å². The molecule has 1 aromatic carbocycles. The molecule has 2 rings (SSSR count). The van der Waals surface area contributed by atoms with Crippen LogP contribution in [0, 0.1) is 20.8 Å². The topological polar surface area (TPSA) is 62.2 Å². The van der Waals surface area contributed by atoms with Crippen LogP contribution < -0.4 is 5.32 Å². The van der Waals surface area contributed by atoms with E-state index in [0.29, 0.717) is 12.4 Å². The van der Waals surface area contributed by atoms with E-state index in [-0.39, 0.29) is 5.56 Å². The maximum Gasteiger partial charge on any atom is 0.339 e. The molecule has 0 spiro atoms. The number of rotatable bonds is 5. The first kappa shape index (κ1) is 15.0. The number of aromatic carboxylic acids is 1. The monoisotopic (exact) mass is 284 g/mol. The van der Waals surface area contributed by atoms with Crippen LogP contribution in [0.4, 0.5) is 5.82 Å². The Morgan fingerprint density at radius 3 is 2.67 bits per heavy atom. The van der Waals surface area contributed by atoms with Gasteiger partial charge in [-0.25, -0.2) is 9.78 Å². The number of aryl methyl sites for hydroxylation is 3. The number of nitrogens with one attached hydrogen (secondary N) is 1. The molecule has 1 aromatic heterocycles. The van der Waals surface area contributed by atoms with Gasteiger partial charge in [0.2, 0.25) is 0 Å². The number of pyridine rings is 1. The predicted octanol–water partition coefficient (Wildman–Crippen LogP) is 3.36. The van der Waals surface area contributed by atoms with Crippen molar-refractivity contribution >= 4 is 11.8 Å². The fourth-order valence-corrected chi connectivity index (χ4v) is 2.43. The summed E-state index contributed by atoms with van der Waals surface area (Å²) in [7, 11) is 0. The van der Waals surface area contributed by atoms with E-state index in [2.05, 4.69) is 35.4 Å². The fourth-order valence-electron chi connectivity index (χ4n) is 2.43. The van der Waals surface area contributed by atoms with Crippen LogP contribution in [-0.4, -0.2) is 22.6 Å². The zero-order chi connectivity index (χ0) is 15.4. The molecule has 0 aliphatic carbocycles. The molecule has 4 heteroatoms. The second kappa shape index (κ2) is 6.39. The first-order valence-corrected chi connectivity index (χ1v) is 6.98. The molecule has 0 saturated carbocycles. The summed E-state index contributed by atoms with van der Waals surface area (Å²) in [5.74, 6) is -0.495. The van der Waals surface area contributed by atoms with Crippen molar-refractivity contribution in [3.63, 3.8) is 0 Å². The predicted molar refractivity (Wildman–Crippen MR) is 84.0 cm³/mol. The van der Waals surface area contributed by atoms with Gasteiger partial charge in [0.15, 0.2) is 0 Å². The highest BCUT2D eigenvalue weighted by Gasteiger charge is 2.15. The molecule has 21 heavy (non-hydrogen) atoms. The maximum absolute atomic E-state index is 11.4. The molecule has 110 valence electrons. The Balaban J connectivity index is 2.11. The summed E-state index contributed by atoms with van der Waals surface area (Å²) < 4.78 is 0. The van der Waals surface area contributed by atoms with Gasteiger partial charge in [0.25, 0.3) is 0 Å². The first-order chi connectivity index (χ1) is 9.97. The number of carbonyl (C=O) groups is 1. The lowest BCUT2D eigenvalue weighted by atomic mass is 10.1. The quantitative estimate of drug-likeness (QED) is 0.883. The minimum atomic E-state index is -0.946. The molecule has 2 N–H and O–H groups in total. The van der Waals surface area contributed by atoms with Crippen molar-refractivity contribution in [2.45, 2.75) is 27.2 Å². The summed E-state index contributed by atoms with van der Waals surface area (Å²) in [6.45, 7) is 6.37. The molecule has 0 unspecified atom stereocenters. The van der Waals surface area contributed by atoms with Crippen LogP contribution in [0.5, 0.6) is 0 Å². The van der Waals surface area contributed by atoms with Crippen molar-refractivity contribution < 1.29 is 9.90 Å². The van der Waals surface area contributed by atoms with Gasteiger partial charge in [0, 0.05) is 12.2 Å². The van der Waals surface area contributed by atoms with Crippen molar-refractivity contribution in [2.24, 2.45) is 0 Å². The van der Waals surface area contributed by atoms with Crippen LogP contribution >= 0.6 is 0 Å². The molecule has 0 saturated heterocycles. The summed E-state index contributed by atoms with van der Waals surface area (Å²) in [6.07, 6.45) is 0.829. The molecule has 4 nitrogen and oxygen atoms in total. The molecule has 0 fully saturated rings. The SMILES string of the molecule is Cc1cccc(CCNc2nc(C)cc(C)c2C(=O)O)c1. The zero-order valence-corrected chi connectivity index (χ0v) is 12.6. The van der Waals surface area contributed by atoms with Gasteiger partial charge in [-0.1, -0.05) is 29.8 Å². The lowest BCUT2D eigenvalue weighted by Crippen LogP contribution is -2.13. The average Bonchev–Trinajstić information content (AvgIpc) is 2.37. The molecule has 0 aliphatic rings. The van der Waals surface area contributed by atoms with E-state index >= 15 is 0 Å². The second-order valence-electron chi connectivity index (χ2n) is 5.28. The number of carboxylic acids is 1. The van der Waals surface area contributed by atoms with Gasteiger partial charge in [-0.3, -0.25) is 0 Å². The highest BCUT2D eigenvalue weighted by Crippen LogP contribution is 2.18. The maximum atomic E-state index is 11.4. The summed E-state index contributed by atoms with van der Waals surface area (Å²) in [5, 5.41) is 12.5. The summed E-state index contributed by atoms with van der Waals surface area (Å²) in [4.78, 5) is 15.7. The molecule has 0 atom stereocenters. The molecule has 2 aromatic rings. The van der Waals surface area contributed by atoms with E-state index < -0.39 is 5.97 Å². The summed E-state index contributed by atoms with van der Waals surface area (Å²) in [6, 6.07) is 10.1. The lowest BCUT2D eigenvalue weighted by Gasteiger charge is -2.12. The number of anilines is 1. The summed E-state index contributed by atoms with van der Waals surface area (Å²) >= 11 is 0. The summed E-state index contributed by atoms with van der Waals surface area (Å²) in [5.41, 5.74) is 4.25. The van der Waals surface area contributed by atoms with E-state index in [1.807, 2.05) is 13.0 Å². The van der Waals surface area contributed by atoms with E-state index in [4.69, 9.17) is 0 Å². The van der Waals surface area contributed by atoms with Crippen LogP contribution in [0.1, 0.15) is 32.7 Å². The van der Waals surface area contributed by atoms with Crippen LogP contribution in [0.25, 0.3) is 0 Å². The Labute approximate surface area is 124 Å². The Kier molecular flexibility index (Phi) is 4.58. The van der Waals surface area contributed by atoms with Crippen LogP contribution in [0.15, 0.2) is 30.3 Å². The standard InChI is InChI=1S/C17H20N2O2/c1-11-5-4-6-14(9-11)7-8-18-16-15(17(20)21)12(2)10-13(3)19-16/h4-6,9-10H,7-8H2,1-3H3,(H,18,19)(H,20,21). The van der Waals surface area contributed by atoms with Crippen molar-refractivity contribution in [3.8, 4) is 0 Å². The lowest BCUT2D eigenvalue weighted by molar-refractivity contribution is 0.0697. The highest BCUT2D eigenvalue weighted by molar-refractivity contribution is 5.94. The third-order valence-electron chi connectivity index (χ3n) is 3.35. The Morgan fingerprint density at radius 2 is 2.00 bits per heavy atom. The van der Waals surface area contributed by atoms with Gasteiger partial charge >= 0.3 is 5.97 Å². The van der Waals surface area contributed by atoms with E-state index in [1.54, 1.807) is 13.0 Å². The number of nitrogens with zero attached hydrogens (tertiary/aromatic N) is 1. The normalized spacial score (nSPS) is 10.4. The molecule has 0 bridgehead atoms. The van der Waals surface area contributed by atoms with Crippen molar-refractivity contribution in [1.29, 1.82) is 0 Å². The van der Waals surface area contributed by atoms with Crippen LogP contribution in [0.2, 0.25) is 0 Å². The molecular weight excluding hydrogens is 264 g/mol. The molecular formula is C17H20N2O2. The smallest absolute Gasteiger partial charge is 0.339 e. The van der Waals surface area contributed by atoms with Gasteiger partial charge < -0.3 is 10.4 Å². The van der Waals surface area contributed by atoms with Gasteiger partial charge in [-0.05, 0) is 44.4 Å². The Bertz CT molecular complexity index is 666. The zero-order valence-electron chi connectivity index (χ0n) is 12.6. The minimum absolute atomic E-state index is 0.254. The number of aromatic nitrogens is 1. The van der Waals surface area contributed by atoms with Gasteiger partial charge in [0.1, 0.15) is 11.4 Å². The number of hydrogen-bond donors (Lipinski definition) is 2. The largest absolute Gasteiger partial charge is 0.478 e. The molecule has 1 heterocycles. The number of hydrogen-bond acceptors (Lipinski definition) is 3. The third-order valence-corrected chi connectivity index (χ3v) is 3.35. The fraction of sp³-hybridized carbons (Fsp3) is 0.294. The minimum Gasteiger partial charge on any atom is -0.478 e. The Hall–Kier alpha value is -2.36. The van der Waals surface area contributed by atoms with Crippen LogP contribution in [0.3, 0.4) is 0 Å².